The van der Waals surface area contributed by atoms with Gasteiger partial charge in [-0.1, -0.05) is 18.2 Å². The Morgan fingerprint density at radius 2 is 1.67 bits per heavy atom. The Labute approximate surface area is 126 Å². The molecule has 0 unspecified atom stereocenters. The Balaban J connectivity index is 0.000000219. The number of rotatable bonds is 5. The Kier molecular flexibility index (Phi) is 7.29. The average Bonchev–Trinajstić information content (AvgIpc) is 2.53. The van der Waals surface area contributed by atoms with E-state index in [-0.39, 0.29) is 0 Å². The number of nitrogens with one attached hydrogen (secondary N) is 1. The molecule has 0 fully saturated rings. The minimum atomic E-state index is 0.731. The van der Waals surface area contributed by atoms with E-state index < -0.39 is 0 Å². The summed E-state index contributed by atoms with van der Waals surface area (Å²) in [5.74, 6) is 1.67. The van der Waals surface area contributed by atoms with E-state index in [4.69, 9.17) is 15.2 Å². The van der Waals surface area contributed by atoms with Gasteiger partial charge in [0.1, 0.15) is 11.5 Å². The summed E-state index contributed by atoms with van der Waals surface area (Å²) in [5.41, 5.74) is 7.24. The van der Waals surface area contributed by atoms with Crippen molar-refractivity contribution in [2.24, 2.45) is 0 Å². The zero-order chi connectivity index (χ0) is 15.5. The number of hydrogen-bond acceptors (Lipinski definition) is 4. The fourth-order valence-electron chi connectivity index (χ4n) is 1.56. The van der Waals surface area contributed by atoms with E-state index in [0.29, 0.717) is 0 Å². The molecule has 0 atom stereocenters. The van der Waals surface area contributed by atoms with Crippen molar-refractivity contribution in [1.82, 2.24) is 0 Å². The topological polar surface area (TPSA) is 56.5 Å². The van der Waals surface area contributed by atoms with Gasteiger partial charge < -0.3 is 20.5 Å². The van der Waals surface area contributed by atoms with Crippen molar-refractivity contribution in [3.63, 3.8) is 0 Å². The lowest BCUT2D eigenvalue weighted by atomic mass is 10.3. The molecule has 0 aliphatic heterocycles. The molecule has 0 radical (unpaired) electrons. The molecule has 4 heteroatoms. The van der Waals surface area contributed by atoms with Gasteiger partial charge in [0.25, 0.3) is 0 Å². The molecule has 0 amide bonds. The first kappa shape index (κ1) is 16.4. The summed E-state index contributed by atoms with van der Waals surface area (Å²) >= 11 is 0. The third-order valence-corrected chi connectivity index (χ3v) is 2.61. The molecule has 112 valence electrons. The first-order valence-corrected chi connectivity index (χ1v) is 6.58. The van der Waals surface area contributed by atoms with Gasteiger partial charge in [-0.25, -0.2) is 0 Å². The molecule has 2 aromatic carbocycles. The normalized spacial score (nSPS) is 9.05. The minimum Gasteiger partial charge on any atom is -0.497 e. The lowest BCUT2D eigenvalue weighted by molar-refractivity contribution is 0.415. The molecule has 0 aliphatic rings. The van der Waals surface area contributed by atoms with Crippen molar-refractivity contribution in [2.75, 3.05) is 31.8 Å². The fraction of sp³-hybridized carbons (Fsp3) is 0.176. The lowest BCUT2D eigenvalue weighted by Crippen LogP contribution is -1.97. The fourth-order valence-corrected chi connectivity index (χ4v) is 1.56. The largest absolute Gasteiger partial charge is 0.497 e. The second kappa shape index (κ2) is 9.31. The third-order valence-electron chi connectivity index (χ3n) is 2.61. The molecule has 0 aromatic heterocycles. The summed E-state index contributed by atoms with van der Waals surface area (Å²) in [6, 6.07) is 15.1. The molecule has 0 saturated heterocycles. The van der Waals surface area contributed by atoms with E-state index >= 15 is 0 Å². The maximum absolute atomic E-state index is 5.45. The first-order chi connectivity index (χ1) is 10.2. The van der Waals surface area contributed by atoms with Crippen LogP contribution in [0.15, 0.2) is 61.2 Å². The number of hydrogen-bond donors (Lipinski definition) is 2. The van der Waals surface area contributed by atoms with E-state index in [0.717, 1.165) is 29.4 Å². The van der Waals surface area contributed by atoms with Crippen LogP contribution >= 0.6 is 0 Å². The standard InChI is InChI=1S/C10H13NO.C7H9NO/c1-3-7-11-9-5-4-6-10(8-9)12-2;1-9-7-4-2-3-6(8)5-7/h3-6,8,11H,1,7H2,2H3;2-5H,8H2,1H3. The van der Waals surface area contributed by atoms with E-state index in [1.165, 1.54) is 0 Å². The Hall–Kier alpha value is -2.62. The molecule has 0 heterocycles. The monoisotopic (exact) mass is 286 g/mol. The molecular formula is C17H22N2O2. The van der Waals surface area contributed by atoms with E-state index in [2.05, 4.69) is 11.9 Å². The Morgan fingerprint density at radius 3 is 2.19 bits per heavy atom. The highest BCUT2D eigenvalue weighted by atomic mass is 16.5. The van der Waals surface area contributed by atoms with Crippen LogP contribution in [-0.4, -0.2) is 20.8 Å². The summed E-state index contributed by atoms with van der Waals surface area (Å²) in [4.78, 5) is 0. The van der Waals surface area contributed by atoms with Crippen LogP contribution in [0.3, 0.4) is 0 Å². The zero-order valence-electron chi connectivity index (χ0n) is 12.5. The zero-order valence-corrected chi connectivity index (χ0v) is 12.5. The summed E-state index contributed by atoms with van der Waals surface area (Å²) in [6.07, 6.45) is 1.82. The smallest absolute Gasteiger partial charge is 0.120 e. The van der Waals surface area contributed by atoms with Crippen molar-refractivity contribution in [1.29, 1.82) is 0 Å². The summed E-state index contributed by atoms with van der Waals surface area (Å²) in [7, 11) is 3.28. The molecule has 0 saturated carbocycles. The average molecular weight is 286 g/mol. The van der Waals surface area contributed by atoms with Gasteiger partial charge >= 0.3 is 0 Å². The predicted molar refractivity (Wildman–Crippen MR) is 89.1 cm³/mol. The molecule has 2 rings (SSSR count). The quantitative estimate of drug-likeness (QED) is 0.651. The van der Waals surface area contributed by atoms with Gasteiger partial charge in [0.15, 0.2) is 0 Å². The number of benzene rings is 2. The highest BCUT2D eigenvalue weighted by Gasteiger charge is 1.92. The van der Waals surface area contributed by atoms with Gasteiger partial charge in [0.2, 0.25) is 0 Å². The van der Waals surface area contributed by atoms with Crippen LogP contribution in [0.1, 0.15) is 0 Å². The number of ether oxygens (including phenoxy) is 2. The van der Waals surface area contributed by atoms with Crippen LogP contribution in [0.25, 0.3) is 0 Å². The van der Waals surface area contributed by atoms with Gasteiger partial charge in [-0.05, 0) is 24.3 Å². The van der Waals surface area contributed by atoms with Gasteiger partial charge in [-0.2, -0.15) is 0 Å². The molecule has 0 aliphatic carbocycles. The maximum atomic E-state index is 5.45. The van der Waals surface area contributed by atoms with Crippen LogP contribution in [0.2, 0.25) is 0 Å². The summed E-state index contributed by atoms with van der Waals surface area (Å²) in [6.45, 7) is 4.40. The van der Waals surface area contributed by atoms with Gasteiger partial charge in [0.05, 0.1) is 14.2 Å². The number of nitrogens with two attached hydrogens (primary N) is 1. The lowest BCUT2D eigenvalue weighted by Gasteiger charge is -2.04. The summed E-state index contributed by atoms with van der Waals surface area (Å²) < 4.78 is 9.98. The summed E-state index contributed by atoms with van der Waals surface area (Å²) in [5, 5.41) is 3.17. The Morgan fingerprint density at radius 1 is 1.05 bits per heavy atom. The van der Waals surface area contributed by atoms with Crippen molar-refractivity contribution < 1.29 is 9.47 Å². The van der Waals surface area contributed by atoms with E-state index in [1.807, 2.05) is 48.5 Å². The molecule has 0 spiro atoms. The van der Waals surface area contributed by atoms with Gasteiger partial charge in [-0.15, -0.1) is 6.58 Å². The molecule has 21 heavy (non-hydrogen) atoms. The predicted octanol–water partition coefficient (Wildman–Crippen LogP) is 3.57. The second-order valence-corrected chi connectivity index (χ2v) is 4.18. The van der Waals surface area contributed by atoms with Crippen LogP contribution in [-0.2, 0) is 0 Å². The van der Waals surface area contributed by atoms with Crippen LogP contribution in [0, 0.1) is 0 Å². The minimum absolute atomic E-state index is 0.731. The third kappa shape index (κ3) is 6.38. The van der Waals surface area contributed by atoms with Crippen molar-refractivity contribution >= 4 is 11.4 Å². The van der Waals surface area contributed by atoms with Crippen molar-refractivity contribution in [2.45, 2.75) is 0 Å². The number of nitrogen functional groups attached to an aromatic ring is 1. The SMILES string of the molecule is C=CCNc1cccc(OC)c1.COc1cccc(N)c1. The molecule has 3 N–H and O–H groups in total. The Bertz CT molecular complexity index is 556. The number of anilines is 2. The van der Waals surface area contributed by atoms with Crippen LogP contribution in [0.5, 0.6) is 11.5 Å². The molecule has 4 nitrogen and oxygen atoms in total. The second-order valence-electron chi connectivity index (χ2n) is 4.18. The number of methoxy groups -OCH3 is 2. The van der Waals surface area contributed by atoms with Crippen LogP contribution < -0.4 is 20.5 Å². The maximum Gasteiger partial charge on any atom is 0.120 e. The van der Waals surface area contributed by atoms with Crippen molar-refractivity contribution in [3.8, 4) is 11.5 Å². The highest BCUT2D eigenvalue weighted by molar-refractivity contribution is 5.48. The molecular weight excluding hydrogens is 264 g/mol. The van der Waals surface area contributed by atoms with Crippen molar-refractivity contribution in [3.05, 3.63) is 61.2 Å². The molecule has 2 aromatic rings. The van der Waals surface area contributed by atoms with E-state index in [9.17, 15) is 0 Å². The molecule has 0 bridgehead atoms. The van der Waals surface area contributed by atoms with Crippen LogP contribution in [0.4, 0.5) is 11.4 Å². The van der Waals surface area contributed by atoms with Gasteiger partial charge in [0, 0.05) is 30.1 Å². The first-order valence-electron chi connectivity index (χ1n) is 6.58. The van der Waals surface area contributed by atoms with Gasteiger partial charge in [-0.3, -0.25) is 0 Å². The highest BCUT2D eigenvalue weighted by Crippen LogP contribution is 2.16. The van der Waals surface area contributed by atoms with E-state index in [1.54, 1.807) is 20.3 Å².